The van der Waals surface area contributed by atoms with Crippen LogP contribution >= 0.6 is 0 Å². The van der Waals surface area contributed by atoms with E-state index >= 15 is 0 Å². The van der Waals surface area contributed by atoms with Crippen molar-refractivity contribution in [1.82, 2.24) is 5.06 Å². The number of nitrogens with zero attached hydrogens (tertiary/aromatic N) is 2. The lowest BCUT2D eigenvalue weighted by Crippen LogP contribution is -2.57. The van der Waals surface area contributed by atoms with Crippen LogP contribution in [0.5, 0.6) is 0 Å². The lowest BCUT2D eigenvalue weighted by molar-refractivity contribution is -0.233. The summed E-state index contributed by atoms with van der Waals surface area (Å²) in [5.41, 5.74) is 0.0547. The van der Waals surface area contributed by atoms with Gasteiger partial charge < -0.3 is 9.94 Å². The van der Waals surface area contributed by atoms with Crippen LogP contribution in [0, 0.1) is 11.3 Å². The molecular formula is C14H22N2O3. The van der Waals surface area contributed by atoms with E-state index in [1.54, 1.807) is 0 Å². The second-order valence-corrected chi connectivity index (χ2v) is 6.30. The minimum absolute atomic E-state index is 0.436. The van der Waals surface area contributed by atoms with Gasteiger partial charge in [-0.1, -0.05) is 5.57 Å². The minimum atomic E-state index is -0.747. The molecule has 5 heteroatoms. The molecule has 106 valence electrons. The van der Waals surface area contributed by atoms with Gasteiger partial charge in [0.25, 0.3) is 0 Å². The van der Waals surface area contributed by atoms with Crippen molar-refractivity contribution in [2.45, 2.75) is 64.6 Å². The maximum absolute atomic E-state index is 11.7. The van der Waals surface area contributed by atoms with Gasteiger partial charge >= 0.3 is 5.97 Å². The topological polar surface area (TPSA) is 73.6 Å². The summed E-state index contributed by atoms with van der Waals surface area (Å²) in [6.07, 6.45) is 1.87. The van der Waals surface area contributed by atoms with Gasteiger partial charge in [-0.15, -0.1) is 0 Å². The highest BCUT2D eigenvalue weighted by Gasteiger charge is 2.42. The summed E-state index contributed by atoms with van der Waals surface area (Å²) in [5.74, 6) is -0.498. The van der Waals surface area contributed by atoms with Gasteiger partial charge in [-0.3, -0.25) is 0 Å². The van der Waals surface area contributed by atoms with Crippen molar-refractivity contribution in [2.24, 2.45) is 0 Å². The number of hydrogen-bond acceptors (Lipinski definition) is 5. The van der Waals surface area contributed by atoms with E-state index in [9.17, 15) is 10.0 Å². The number of carbonyl (C=O) groups is 1. The Bertz CT molecular complexity index is 412. The zero-order chi connectivity index (χ0) is 14.8. The number of hydrogen-bond donors (Lipinski definition) is 1. The van der Waals surface area contributed by atoms with Gasteiger partial charge in [-0.2, -0.15) is 10.3 Å². The molecule has 1 heterocycles. The largest absolute Gasteiger partial charge is 0.444 e. The van der Waals surface area contributed by atoms with Crippen molar-refractivity contribution in [3.8, 4) is 6.07 Å². The van der Waals surface area contributed by atoms with Crippen LogP contribution in [-0.2, 0) is 9.53 Å². The Morgan fingerprint density at radius 1 is 1.42 bits per heavy atom. The zero-order valence-electron chi connectivity index (χ0n) is 12.2. The van der Waals surface area contributed by atoms with E-state index in [4.69, 9.17) is 10.00 Å². The molecule has 5 nitrogen and oxygen atoms in total. The van der Waals surface area contributed by atoms with E-state index in [1.165, 1.54) is 18.1 Å². The molecule has 1 rings (SSSR count). The summed E-state index contributed by atoms with van der Waals surface area (Å²) >= 11 is 0. The van der Waals surface area contributed by atoms with Crippen LogP contribution in [0.15, 0.2) is 11.6 Å². The monoisotopic (exact) mass is 266 g/mol. The second kappa shape index (κ2) is 5.32. The molecular weight excluding hydrogens is 244 g/mol. The number of esters is 1. The summed E-state index contributed by atoms with van der Waals surface area (Å²) in [7, 11) is 0. The van der Waals surface area contributed by atoms with Gasteiger partial charge in [-0.05, 0) is 47.5 Å². The fraction of sp³-hybridized carbons (Fsp3) is 0.714. The maximum Gasteiger partial charge on any atom is 0.332 e. The molecule has 1 saturated heterocycles. The first-order valence-corrected chi connectivity index (χ1v) is 6.37. The Balaban J connectivity index is 2.86. The van der Waals surface area contributed by atoms with Gasteiger partial charge in [0.15, 0.2) is 6.10 Å². The number of ether oxygens (including phenoxy) is 1. The predicted octanol–water partition coefficient (Wildman–Crippen LogP) is 2.41. The molecule has 19 heavy (non-hydrogen) atoms. The molecule has 0 aromatic heterocycles. The first kappa shape index (κ1) is 15.7. The highest BCUT2D eigenvalue weighted by atomic mass is 16.5. The average molecular weight is 266 g/mol. The third-order valence-corrected chi connectivity index (χ3v) is 3.26. The Morgan fingerprint density at radius 2 is 1.89 bits per heavy atom. The maximum atomic E-state index is 11.7. The molecule has 1 aliphatic heterocycles. The van der Waals surface area contributed by atoms with E-state index in [0.717, 1.165) is 5.57 Å². The molecule has 1 N–H and O–H groups in total. The van der Waals surface area contributed by atoms with Gasteiger partial charge in [0.05, 0.1) is 0 Å². The van der Waals surface area contributed by atoms with E-state index in [0.29, 0.717) is 12.8 Å². The second-order valence-electron chi connectivity index (χ2n) is 6.30. The van der Waals surface area contributed by atoms with Gasteiger partial charge in [0.1, 0.15) is 6.07 Å². The van der Waals surface area contributed by atoms with E-state index in [1.807, 2.05) is 33.8 Å². The van der Waals surface area contributed by atoms with Crippen LogP contribution in [0.3, 0.4) is 0 Å². The Labute approximate surface area is 114 Å². The van der Waals surface area contributed by atoms with Crippen molar-refractivity contribution >= 4 is 5.97 Å². The summed E-state index contributed by atoms with van der Waals surface area (Å²) in [6.45, 7) is 9.21. The molecule has 0 aromatic rings. The molecule has 0 saturated carbocycles. The molecule has 1 unspecified atom stereocenters. The first-order chi connectivity index (χ1) is 8.58. The first-order valence-electron chi connectivity index (χ1n) is 6.37. The number of rotatable bonds is 2. The average Bonchev–Trinajstić information content (AvgIpc) is 2.24. The van der Waals surface area contributed by atoms with Crippen molar-refractivity contribution in [3.63, 3.8) is 0 Å². The number of hydroxylamine groups is 2. The van der Waals surface area contributed by atoms with Crippen molar-refractivity contribution in [3.05, 3.63) is 11.6 Å². The van der Waals surface area contributed by atoms with Crippen LogP contribution in [0.4, 0.5) is 0 Å². The van der Waals surface area contributed by atoms with Gasteiger partial charge in [0.2, 0.25) is 0 Å². The smallest absolute Gasteiger partial charge is 0.332 e. The fourth-order valence-electron chi connectivity index (χ4n) is 2.65. The summed E-state index contributed by atoms with van der Waals surface area (Å²) in [4.78, 5) is 11.7. The third kappa shape index (κ3) is 3.79. The molecule has 1 atom stereocenters. The standard InChI is InChI=1S/C14H22N2O3/c1-10(9-15)19-12(17)6-11-7-13(2,3)16(18)14(4,5)8-11/h6,10,18H,7-8H2,1-5H3. The Kier molecular flexibility index (Phi) is 4.39. The molecule has 1 aliphatic rings. The number of carbonyl (C=O) groups excluding carboxylic acids is 1. The molecule has 0 aliphatic carbocycles. The Morgan fingerprint density at radius 3 is 2.32 bits per heavy atom. The minimum Gasteiger partial charge on any atom is -0.444 e. The summed E-state index contributed by atoms with van der Waals surface area (Å²) in [6, 6.07) is 1.85. The fourth-order valence-corrected chi connectivity index (χ4v) is 2.65. The zero-order valence-corrected chi connectivity index (χ0v) is 12.2. The quantitative estimate of drug-likeness (QED) is 0.613. The van der Waals surface area contributed by atoms with Crippen LogP contribution in [0.25, 0.3) is 0 Å². The van der Waals surface area contributed by atoms with Crippen LogP contribution < -0.4 is 0 Å². The van der Waals surface area contributed by atoms with Crippen molar-refractivity contribution in [2.75, 3.05) is 0 Å². The Hall–Kier alpha value is -1.38. The molecule has 1 fully saturated rings. The van der Waals surface area contributed by atoms with Gasteiger partial charge in [-0.25, -0.2) is 4.79 Å². The SMILES string of the molecule is CC(C#N)OC(=O)C=C1CC(C)(C)N(O)C(C)(C)C1. The normalized spacial score (nSPS) is 23.3. The highest BCUT2D eigenvalue weighted by Crippen LogP contribution is 2.39. The van der Waals surface area contributed by atoms with E-state index in [-0.39, 0.29) is 0 Å². The molecule has 0 spiro atoms. The molecule has 0 aromatic carbocycles. The van der Waals surface area contributed by atoms with E-state index < -0.39 is 23.2 Å². The van der Waals surface area contributed by atoms with Crippen LogP contribution in [0.1, 0.15) is 47.5 Å². The third-order valence-electron chi connectivity index (χ3n) is 3.26. The number of nitriles is 1. The predicted molar refractivity (Wildman–Crippen MR) is 70.3 cm³/mol. The van der Waals surface area contributed by atoms with Crippen LogP contribution in [0.2, 0.25) is 0 Å². The number of piperidine rings is 1. The lowest BCUT2D eigenvalue weighted by Gasteiger charge is -2.49. The lowest BCUT2D eigenvalue weighted by atomic mass is 9.79. The van der Waals surface area contributed by atoms with E-state index in [2.05, 4.69) is 0 Å². The van der Waals surface area contributed by atoms with Crippen molar-refractivity contribution in [1.29, 1.82) is 5.26 Å². The molecule has 0 radical (unpaired) electrons. The molecule has 0 bridgehead atoms. The summed E-state index contributed by atoms with van der Waals surface area (Å²) < 4.78 is 4.91. The van der Waals surface area contributed by atoms with Crippen LogP contribution in [-0.4, -0.2) is 33.4 Å². The van der Waals surface area contributed by atoms with Crippen molar-refractivity contribution < 1.29 is 14.7 Å². The highest BCUT2D eigenvalue weighted by molar-refractivity contribution is 5.83. The summed E-state index contributed by atoms with van der Waals surface area (Å²) in [5, 5.41) is 20.1. The molecule has 0 amide bonds. The van der Waals surface area contributed by atoms with Gasteiger partial charge in [0, 0.05) is 17.2 Å².